The third kappa shape index (κ3) is 4.45. The Bertz CT molecular complexity index is 1660. The normalized spacial score (nSPS) is 29.7. The van der Waals surface area contributed by atoms with Crippen molar-refractivity contribution in [2.75, 3.05) is 0 Å². The van der Waals surface area contributed by atoms with E-state index in [1.807, 2.05) is 11.3 Å². The zero-order valence-electron chi connectivity index (χ0n) is 23.4. The van der Waals surface area contributed by atoms with E-state index in [4.69, 9.17) is 4.99 Å². The van der Waals surface area contributed by atoms with Gasteiger partial charge in [0.1, 0.15) is 0 Å². The molecule has 1 heterocycles. The van der Waals surface area contributed by atoms with E-state index in [9.17, 15) is 0 Å². The minimum absolute atomic E-state index is 0.199. The van der Waals surface area contributed by atoms with E-state index in [0.717, 1.165) is 18.6 Å². The molecule has 1 aromatic heterocycles. The zero-order valence-corrected chi connectivity index (χ0v) is 24.2. The first-order valence-corrected chi connectivity index (χ1v) is 15.1. The summed E-state index contributed by atoms with van der Waals surface area (Å²) in [7, 11) is 0. The Morgan fingerprint density at radius 1 is 0.923 bits per heavy atom. The van der Waals surface area contributed by atoms with Crippen LogP contribution in [0.2, 0.25) is 0 Å². The van der Waals surface area contributed by atoms with Gasteiger partial charge in [-0.25, -0.2) is 0 Å². The van der Waals surface area contributed by atoms with Gasteiger partial charge in [0.05, 0.1) is 5.71 Å². The van der Waals surface area contributed by atoms with Crippen molar-refractivity contribution < 1.29 is 0 Å². The van der Waals surface area contributed by atoms with Crippen molar-refractivity contribution in [2.24, 2.45) is 16.3 Å². The topological polar surface area (TPSA) is 12.4 Å². The first-order valence-electron chi connectivity index (χ1n) is 14.3. The highest BCUT2D eigenvalue weighted by Crippen LogP contribution is 2.55. The Hall–Kier alpha value is -3.49. The second-order valence-electron chi connectivity index (χ2n) is 11.2. The molecule has 3 aromatic rings. The van der Waals surface area contributed by atoms with E-state index in [1.165, 1.54) is 42.4 Å². The molecule has 3 atom stereocenters. The summed E-state index contributed by atoms with van der Waals surface area (Å²) in [5.74, 6) is 0.576. The van der Waals surface area contributed by atoms with Gasteiger partial charge in [-0.15, -0.1) is 11.3 Å². The number of hydrogen-bond acceptors (Lipinski definition) is 2. The number of allylic oxidation sites excluding steroid dienone is 14. The Labute approximate surface area is 237 Å². The molecule has 1 nitrogen and oxygen atoms in total. The fourth-order valence-corrected chi connectivity index (χ4v) is 8.21. The third-order valence-corrected chi connectivity index (χ3v) is 9.67. The fourth-order valence-electron chi connectivity index (χ4n) is 6.89. The minimum Gasteiger partial charge on any atom is -0.282 e. The number of aliphatic imine (C=N–C) groups is 1. The Balaban J connectivity index is 1.64. The smallest absolute Gasteiger partial charge is 0.0612 e. The van der Waals surface area contributed by atoms with E-state index in [0.29, 0.717) is 5.92 Å². The number of nitrogens with zero attached hydrogens (tertiary/aromatic N) is 1. The van der Waals surface area contributed by atoms with Crippen LogP contribution in [0.25, 0.3) is 25.7 Å². The molecule has 3 aliphatic rings. The molecule has 39 heavy (non-hydrogen) atoms. The fraction of sp³-hybridized carbons (Fsp3) is 0.270. The molecule has 0 saturated carbocycles. The summed E-state index contributed by atoms with van der Waals surface area (Å²) < 4.78 is 2.77. The maximum absolute atomic E-state index is 5.10. The predicted octanol–water partition coefficient (Wildman–Crippen LogP) is 10.5. The Morgan fingerprint density at radius 2 is 1.72 bits per heavy atom. The van der Waals surface area contributed by atoms with Crippen LogP contribution < -0.4 is 0 Å². The van der Waals surface area contributed by atoms with Crippen molar-refractivity contribution in [1.82, 2.24) is 0 Å². The van der Waals surface area contributed by atoms with Gasteiger partial charge in [-0.05, 0) is 75.0 Å². The molecular formula is C37H37NS. The van der Waals surface area contributed by atoms with Gasteiger partial charge in [0.15, 0.2) is 0 Å². The lowest BCUT2D eigenvalue weighted by Crippen LogP contribution is -2.38. The molecule has 0 amide bonds. The number of hydrogen-bond donors (Lipinski definition) is 0. The number of benzene rings is 2. The summed E-state index contributed by atoms with van der Waals surface area (Å²) in [6.45, 7) is 8.81. The van der Waals surface area contributed by atoms with Gasteiger partial charge in [-0.2, -0.15) is 0 Å². The van der Waals surface area contributed by atoms with E-state index >= 15 is 0 Å². The summed E-state index contributed by atoms with van der Waals surface area (Å²) in [6.07, 6.45) is 29.7. The van der Waals surface area contributed by atoms with Crippen LogP contribution >= 0.6 is 11.3 Å². The van der Waals surface area contributed by atoms with E-state index in [-0.39, 0.29) is 17.4 Å². The van der Waals surface area contributed by atoms with Crippen molar-refractivity contribution in [3.8, 4) is 0 Å². The predicted molar refractivity (Wildman–Crippen MR) is 173 cm³/mol. The van der Waals surface area contributed by atoms with Crippen molar-refractivity contribution >= 4 is 42.8 Å². The van der Waals surface area contributed by atoms with E-state index in [1.54, 1.807) is 0 Å². The lowest BCUT2D eigenvalue weighted by atomic mass is 9.57. The first kappa shape index (κ1) is 25.8. The number of thiophene rings is 1. The molecule has 2 aromatic carbocycles. The van der Waals surface area contributed by atoms with Gasteiger partial charge >= 0.3 is 0 Å². The summed E-state index contributed by atoms with van der Waals surface area (Å²) >= 11 is 1.94. The molecule has 0 spiro atoms. The highest BCUT2D eigenvalue weighted by molar-refractivity contribution is 7.26. The molecule has 3 unspecified atom stereocenters. The van der Waals surface area contributed by atoms with Crippen LogP contribution in [0.3, 0.4) is 0 Å². The van der Waals surface area contributed by atoms with E-state index in [2.05, 4.69) is 137 Å². The quantitative estimate of drug-likeness (QED) is 0.300. The van der Waals surface area contributed by atoms with E-state index < -0.39 is 0 Å². The largest absolute Gasteiger partial charge is 0.282 e. The number of fused-ring (bicyclic) bond motifs is 6. The average Bonchev–Trinajstić information content (AvgIpc) is 3.30. The van der Waals surface area contributed by atoms with Crippen LogP contribution in [-0.4, -0.2) is 11.8 Å². The summed E-state index contributed by atoms with van der Waals surface area (Å²) in [5, 5.41) is 2.73. The maximum atomic E-state index is 5.10. The Kier molecular flexibility index (Phi) is 6.99. The van der Waals surface area contributed by atoms with Gasteiger partial charge in [-0.3, -0.25) is 4.99 Å². The summed E-state index contributed by atoms with van der Waals surface area (Å²) in [6, 6.07) is 13.9. The zero-order chi connectivity index (χ0) is 27.0. The van der Waals surface area contributed by atoms with Crippen molar-refractivity contribution in [2.45, 2.75) is 52.5 Å². The molecule has 2 heteroatoms. The second kappa shape index (κ2) is 10.6. The van der Waals surface area contributed by atoms with Crippen molar-refractivity contribution in [3.05, 3.63) is 126 Å². The SMILES string of the molecule is CC=CC1(C2C/C=C\C=C(/C)c3c2ccc2c3sc3ccccc32)/C=C\C=C/C(=NC(C)C)C2=CC=CCC21. The monoisotopic (exact) mass is 527 g/mol. The molecule has 6 rings (SSSR count). The van der Waals surface area contributed by atoms with Gasteiger partial charge in [0.25, 0.3) is 0 Å². The van der Waals surface area contributed by atoms with Gasteiger partial charge in [0.2, 0.25) is 0 Å². The van der Waals surface area contributed by atoms with Crippen LogP contribution in [0.15, 0.2) is 120 Å². The first-order chi connectivity index (χ1) is 19.0. The molecule has 196 valence electrons. The highest BCUT2D eigenvalue weighted by Gasteiger charge is 2.45. The molecule has 0 bridgehead atoms. The van der Waals surface area contributed by atoms with Crippen molar-refractivity contribution in [3.63, 3.8) is 0 Å². The molecule has 3 aliphatic carbocycles. The summed E-state index contributed by atoms with van der Waals surface area (Å²) in [4.78, 5) is 5.10. The standard InChI is InChI=1S/C37H37NS/c1-5-23-37(24-13-12-19-33(38-25(2)3)29-16-7-10-17-31(29)37)32-18-9-6-14-26(4)35-30(32)22-21-28-27-15-8-11-20-34(27)39-36(28)35/h5-16,19-25,31-32H,17-18H2,1-4H3/b9-6-,19-12-,23-5?,24-13-,26-14+,38-33?. The molecular weight excluding hydrogens is 490 g/mol. The van der Waals surface area contributed by atoms with Crippen molar-refractivity contribution in [1.29, 1.82) is 0 Å². The average molecular weight is 528 g/mol. The minimum atomic E-state index is -0.199. The van der Waals surface area contributed by atoms with Crippen LogP contribution in [0, 0.1) is 11.3 Å². The lowest BCUT2D eigenvalue weighted by molar-refractivity contribution is 0.281. The molecule has 0 saturated heterocycles. The van der Waals surface area contributed by atoms with Crippen LogP contribution in [0.1, 0.15) is 57.6 Å². The highest BCUT2D eigenvalue weighted by atomic mass is 32.1. The summed E-state index contributed by atoms with van der Waals surface area (Å²) in [5.41, 5.74) is 6.49. The Morgan fingerprint density at radius 3 is 2.54 bits per heavy atom. The van der Waals surface area contributed by atoms with Crippen LogP contribution in [0.4, 0.5) is 0 Å². The second-order valence-corrected chi connectivity index (χ2v) is 12.3. The number of rotatable bonds is 3. The van der Waals surface area contributed by atoms with Gasteiger partial charge < -0.3 is 0 Å². The van der Waals surface area contributed by atoms with Crippen LogP contribution in [0.5, 0.6) is 0 Å². The lowest BCUT2D eigenvalue weighted by Gasteiger charge is -2.46. The molecule has 0 fully saturated rings. The molecule has 0 radical (unpaired) electrons. The third-order valence-electron chi connectivity index (χ3n) is 8.47. The molecule has 0 aliphatic heterocycles. The van der Waals surface area contributed by atoms with Gasteiger partial charge in [0, 0.05) is 43.5 Å². The maximum Gasteiger partial charge on any atom is 0.0612 e. The van der Waals surface area contributed by atoms with Gasteiger partial charge in [-0.1, -0.05) is 97.2 Å². The van der Waals surface area contributed by atoms with Crippen LogP contribution in [-0.2, 0) is 0 Å². The molecule has 0 N–H and O–H groups in total.